The third-order valence-corrected chi connectivity index (χ3v) is 8.89. The molecule has 3 saturated heterocycles. The lowest BCUT2D eigenvalue weighted by Crippen LogP contribution is -2.53. The fourth-order valence-electron chi connectivity index (χ4n) is 6.51. The predicted molar refractivity (Wildman–Crippen MR) is 130 cm³/mol. The first-order valence-electron chi connectivity index (χ1n) is 13.4. The van der Waals surface area contributed by atoms with Gasteiger partial charge in [0.25, 0.3) is 5.91 Å². The van der Waals surface area contributed by atoms with Crippen LogP contribution in [0.1, 0.15) is 71.1 Å². The number of allylic oxidation sites excluding steroid dienone is 3. The highest BCUT2D eigenvalue weighted by molar-refractivity contribution is 6.04. The van der Waals surface area contributed by atoms with Crippen LogP contribution in [-0.2, 0) is 23.9 Å². The normalized spacial score (nSPS) is 34.0. The van der Waals surface area contributed by atoms with Gasteiger partial charge in [-0.1, -0.05) is 12.8 Å². The summed E-state index contributed by atoms with van der Waals surface area (Å²) in [7, 11) is 1.82. The Kier molecular flexibility index (Phi) is 7.04. The van der Waals surface area contributed by atoms with Crippen molar-refractivity contribution >= 4 is 17.7 Å². The van der Waals surface area contributed by atoms with Crippen LogP contribution in [-0.4, -0.2) is 78.1 Å². The lowest BCUT2D eigenvalue weighted by atomic mass is 9.90. The average Bonchev–Trinajstić information content (AvgIpc) is 3.00. The molecule has 8 nitrogen and oxygen atoms in total. The van der Waals surface area contributed by atoms with Crippen LogP contribution in [0.15, 0.2) is 23.5 Å². The molecule has 192 valence electrons. The van der Waals surface area contributed by atoms with Gasteiger partial charge in [-0.2, -0.15) is 0 Å². The van der Waals surface area contributed by atoms with Gasteiger partial charge in [0.1, 0.15) is 12.1 Å². The Bertz CT molecular complexity index is 920. The molecule has 0 radical (unpaired) electrons. The second kappa shape index (κ2) is 10.1. The van der Waals surface area contributed by atoms with Gasteiger partial charge in [-0.25, -0.2) is 0 Å². The van der Waals surface area contributed by atoms with Crippen molar-refractivity contribution in [3.05, 3.63) is 23.5 Å². The molecule has 5 aliphatic rings. The number of methoxy groups -OCH3 is 1. The maximum Gasteiger partial charge on any atom is 0.250 e. The Morgan fingerprint density at radius 1 is 1.03 bits per heavy atom. The number of carbonyl (C=O) groups excluding carboxylic acids is 3. The van der Waals surface area contributed by atoms with E-state index in [1.54, 1.807) is 4.90 Å². The Labute approximate surface area is 208 Å². The lowest BCUT2D eigenvalue weighted by molar-refractivity contribution is -0.142. The number of hydrogen-bond acceptors (Lipinski definition) is 6. The highest BCUT2D eigenvalue weighted by Crippen LogP contribution is 2.38. The van der Waals surface area contributed by atoms with E-state index in [-0.39, 0.29) is 41.8 Å². The van der Waals surface area contributed by atoms with Gasteiger partial charge in [-0.05, 0) is 57.6 Å². The van der Waals surface area contributed by atoms with Crippen molar-refractivity contribution in [3.8, 4) is 0 Å². The van der Waals surface area contributed by atoms with Crippen molar-refractivity contribution in [3.63, 3.8) is 0 Å². The molecular formula is C27H39N3O5. The van der Waals surface area contributed by atoms with Crippen molar-refractivity contribution in [1.29, 1.82) is 0 Å². The number of hydrogen-bond donors (Lipinski definition) is 1. The van der Waals surface area contributed by atoms with Crippen LogP contribution >= 0.6 is 0 Å². The predicted octanol–water partition coefficient (Wildman–Crippen LogP) is 2.68. The second-order valence-corrected chi connectivity index (χ2v) is 11.1. The van der Waals surface area contributed by atoms with E-state index in [1.165, 1.54) is 19.3 Å². The van der Waals surface area contributed by atoms with E-state index in [0.29, 0.717) is 25.4 Å². The van der Waals surface area contributed by atoms with Gasteiger partial charge < -0.3 is 14.4 Å². The number of likely N-dealkylation sites (tertiary alicyclic amines) is 2. The van der Waals surface area contributed by atoms with Gasteiger partial charge in [0, 0.05) is 57.1 Å². The third-order valence-electron chi connectivity index (χ3n) is 8.89. The average molecular weight is 486 g/mol. The van der Waals surface area contributed by atoms with Crippen molar-refractivity contribution in [1.82, 2.24) is 15.1 Å². The van der Waals surface area contributed by atoms with Crippen molar-refractivity contribution < 1.29 is 23.9 Å². The topological polar surface area (TPSA) is 88.2 Å². The van der Waals surface area contributed by atoms with Crippen molar-refractivity contribution in [2.45, 2.75) is 94.9 Å². The number of rotatable bonds is 5. The summed E-state index contributed by atoms with van der Waals surface area (Å²) in [6.07, 6.45) is 13.4. The summed E-state index contributed by atoms with van der Waals surface area (Å²) in [6.45, 7) is 4.79. The summed E-state index contributed by atoms with van der Waals surface area (Å²) in [5, 5.41) is 2.38. The van der Waals surface area contributed by atoms with Crippen LogP contribution < -0.4 is 5.32 Å². The summed E-state index contributed by atoms with van der Waals surface area (Å²) in [5.41, 5.74) is 0.739. The van der Waals surface area contributed by atoms with E-state index in [2.05, 4.69) is 17.1 Å². The standard InChI is InChI=1S/C27H39N3O5/c1-27(34-2)12-14-29(15-13-27)21-6-4-3-5-7-23(21)35-19-8-9-20-18(16-19)17-30(26(20)33)22-10-11-24(31)28-25(22)32/h8-9,18,21-23H,3-7,10-17H2,1-2H3,(H,28,31,32)/t18?,21-,22?,23-/m1/s1. The molecule has 0 aromatic rings. The Morgan fingerprint density at radius 3 is 2.54 bits per heavy atom. The monoisotopic (exact) mass is 485 g/mol. The number of ether oxygens (including phenoxy) is 2. The molecule has 5 rings (SSSR count). The zero-order valence-electron chi connectivity index (χ0n) is 21.1. The molecule has 2 aliphatic carbocycles. The van der Waals surface area contributed by atoms with Gasteiger partial charge in [0.05, 0.1) is 11.4 Å². The van der Waals surface area contributed by atoms with Gasteiger partial charge in [-0.15, -0.1) is 0 Å². The highest BCUT2D eigenvalue weighted by atomic mass is 16.5. The number of nitrogens with one attached hydrogen (secondary N) is 1. The first-order chi connectivity index (χ1) is 16.9. The molecule has 0 bridgehead atoms. The van der Waals surface area contributed by atoms with E-state index in [1.807, 2.05) is 19.3 Å². The SMILES string of the molecule is COC1(C)CCN([C@@H]2CCCCC[C@H]2OC2=CC=C3C(=O)N(C4CCC(=O)NC4=O)CC3C2)CC1. The van der Waals surface area contributed by atoms with Crippen molar-refractivity contribution in [2.24, 2.45) is 5.92 Å². The van der Waals surface area contributed by atoms with Gasteiger partial charge >= 0.3 is 0 Å². The number of piperidine rings is 2. The first kappa shape index (κ1) is 24.5. The Morgan fingerprint density at radius 2 is 1.80 bits per heavy atom. The molecule has 0 aromatic heterocycles. The Hall–Kier alpha value is -2.19. The minimum atomic E-state index is -0.556. The lowest BCUT2D eigenvalue weighted by Gasteiger charge is -2.44. The van der Waals surface area contributed by atoms with E-state index in [4.69, 9.17) is 9.47 Å². The molecule has 35 heavy (non-hydrogen) atoms. The quantitative estimate of drug-likeness (QED) is 0.476. The van der Waals surface area contributed by atoms with Crippen LogP contribution in [0.2, 0.25) is 0 Å². The third kappa shape index (κ3) is 5.05. The number of nitrogens with zero attached hydrogens (tertiary/aromatic N) is 2. The van der Waals surface area contributed by atoms with Crippen LogP contribution in [0.25, 0.3) is 0 Å². The number of carbonyl (C=O) groups is 3. The Balaban J connectivity index is 1.23. The smallest absolute Gasteiger partial charge is 0.250 e. The summed E-state index contributed by atoms with van der Waals surface area (Å²) >= 11 is 0. The highest BCUT2D eigenvalue weighted by Gasteiger charge is 2.44. The molecule has 0 aromatic carbocycles. The maximum atomic E-state index is 13.0. The largest absolute Gasteiger partial charge is 0.493 e. The van der Waals surface area contributed by atoms with Gasteiger partial charge in [-0.3, -0.25) is 24.6 Å². The molecule has 3 amide bonds. The summed E-state index contributed by atoms with van der Waals surface area (Å²) in [6, 6.07) is -0.144. The number of amides is 3. The molecule has 3 heterocycles. The molecule has 2 unspecified atom stereocenters. The minimum Gasteiger partial charge on any atom is -0.493 e. The van der Waals surface area contributed by atoms with Crippen LogP contribution in [0.4, 0.5) is 0 Å². The zero-order valence-corrected chi connectivity index (χ0v) is 21.1. The molecule has 4 atom stereocenters. The molecule has 1 N–H and O–H groups in total. The number of imide groups is 1. The van der Waals surface area contributed by atoms with Crippen LogP contribution in [0.3, 0.4) is 0 Å². The van der Waals surface area contributed by atoms with E-state index < -0.39 is 6.04 Å². The molecule has 8 heteroatoms. The van der Waals surface area contributed by atoms with Crippen LogP contribution in [0, 0.1) is 5.92 Å². The number of fused-ring (bicyclic) bond motifs is 1. The summed E-state index contributed by atoms with van der Waals surface area (Å²) in [5.74, 6) is 0.291. The minimum absolute atomic E-state index is 0.0198. The maximum absolute atomic E-state index is 13.0. The second-order valence-electron chi connectivity index (χ2n) is 11.1. The fraction of sp³-hybridized carbons (Fsp3) is 0.741. The summed E-state index contributed by atoms with van der Waals surface area (Å²) in [4.78, 5) is 41.2. The zero-order chi connectivity index (χ0) is 24.6. The first-order valence-corrected chi connectivity index (χ1v) is 13.4. The van der Waals surface area contributed by atoms with Gasteiger partial charge in [0.2, 0.25) is 11.8 Å². The molecule has 1 saturated carbocycles. The summed E-state index contributed by atoms with van der Waals surface area (Å²) < 4.78 is 12.5. The van der Waals surface area contributed by atoms with Crippen molar-refractivity contribution in [2.75, 3.05) is 26.7 Å². The van der Waals surface area contributed by atoms with E-state index >= 15 is 0 Å². The molecular weight excluding hydrogens is 446 g/mol. The van der Waals surface area contributed by atoms with E-state index in [9.17, 15) is 14.4 Å². The molecule has 3 aliphatic heterocycles. The molecule has 4 fully saturated rings. The van der Waals surface area contributed by atoms with Gasteiger partial charge in [0.15, 0.2) is 0 Å². The van der Waals surface area contributed by atoms with E-state index in [0.717, 1.165) is 50.1 Å². The van der Waals surface area contributed by atoms with Crippen LogP contribution in [0.5, 0.6) is 0 Å². The fourth-order valence-corrected chi connectivity index (χ4v) is 6.51. The molecule has 0 spiro atoms.